The third-order valence-corrected chi connectivity index (χ3v) is 3.74. The molecule has 0 aliphatic heterocycles. The first-order chi connectivity index (χ1) is 8.44. The van der Waals surface area contributed by atoms with Crippen molar-refractivity contribution in [3.63, 3.8) is 0 Å². The van der Waals surface area contributed by atoms with Gasteiger partial charge in [0.15, 0.2) is 0 Å². The van der Waals surface area contributed by atoms with Gasteiger partial charge in [0.2, 0.25) is 0 Å². The molecule has 0 radical (unpaired) electrons. The van der Waals surface area contributed by atoms with Crippen LogP contribution in [0.25, 0.3) is 0 Å². The van der Waals surface area contributed by atoms with Crippen molar-refractivity contribution >= 4 is 5.97 Å². The Kier molecular flexibility index (Phi) is 5.61. The van der Waals surface area contributed by atoms with Gasteiger partial charge in [-0.1, -0.05) is 6.42 Å². The molecule has 1 fully saturated rings. The van der Waals surface area contributed by atoms with Crippen molar-refractivity contribution in [2.45, 2.75) is 58.4 Å². The van der Waals surface area contributed by atoms with Crippen molar-refractivity contribution in [3.05, 3.63) is 0 Å². The summed E-state index contributed by atoms with van der Waals surface area (Å²) in [5, 5.41) is 21.3. The van der Waals surface area contributed by atoms with Crippen LogP contribution in [0.2, 0.25) is 0 Å². The number of rotatable bonds is 6. The highest BCUT2D eigenvalue weighted by molar-refractivity contribution is 5.70. The van der Waals surface area contributed by atoms with Crippen LogP contribution in [-0.2, 0) is 4.79 Å². The van der Waals surface area contributed by atoms with Crippen molar-refractivity contribution < 1.29 is 9.90 Å². The van der Waals surface area contributed by atoms with Crippen molar-refractivity contribution in [1.29, 1.82) is 5.26 Å². The number of nitrogens with one attached hydrogen (secondary N) is 1. The van der Waals surface area contributed by atoms with Crippen LogP contribution in [0.3, 0.4) is 0 Å². The van der Waals surface area contributed by atoms with Gasteiger partial charge >= 0.3 is 5.97 Å². The SMILES string of the molecule is CC(C)(C#N)CCCNC1CCCC(C(=O)O)C1. The van der Waals surface area contributed by atoms with E-state index in [2.05, 4.69) is 11.4 Å². The molecule has 1 rings (SSSR count). The standard InChI is InChI=1S/C14H24N2O2/c1-14(2,10-15)7-4-8-16-12-6-3-5-11(9-12)13(17)18/h11-12,16H,3-9H2,1-2H3,(H,17,18). The van der Waals surface area contributed by atoms with Crippen LogP contribution < -0.4 is 5.32 Å². The highest BCUT2D eigenvalue weighted by Crippen LogP contribution is 2.25. The Morgan fingerprint density at radius 1 is 1.50 bits per heavy atom. The summed E-state index contributed by atoms with van der Waals surface area (Å²) in [7, 11) is 0. The molecule has 2 N–H and O–H groups in total. The maximum absolute atomic E-state index is 10.9. The number of aliphatic carboxylic acids is 1. The molecular weight excluding hydrogens is 228 g/mol. The van der Waals surface area contributed by atoms with E-state index in [4.69, 9.17) is 10.4 Å². The average molecular weight is 252 g/mol. The Morgan fingerprint density at radius 3 is 2.83 bits per heavy atom. The molecule has 0 aromatic rings. The molecule has 1 aliphatic carbocycles. The Balaban J connectivity index is 2.20. The smallest absolute Gasteiger partial charge is 0.306 e. The second-order valence-corrected chi connectivity index (χ2v) is 5.95. The van der Waals surface area contributed by atoms with Crippen LogP contribution in [0, 0.1) is 22.7 Å². The first kappa shape index (κ1) is 15.0. The molecule has 4 nitrogen and oxygen atoms in total. The highest BCUT2D eigenvalue weighted by Gasteiger charge is 2.26. The van der Waals surface area contributed by atoms with Crippen molar-refractivity contribution in [1.82, 2.24) is 5.32 Å². The first-order valence-corrected chi connectivity index (χ1v) is 6.82. The van der Waals surface area contributed by atoms with Crippen LogP contribution in [0.15, 0.2) is 0 Å². The lowest BCUT2D eigenvalue weighted by molar-refractivity contribution is -0.143. The normalized spacial score (nSPS) is 24.5. The van der Waals surface area contributed by atoms with Gasteiger partial charge in [-0.05, 0) is 52.5 Å². The maximum atomic E-state index is 10.9. The lowest BCUT2D eigenvalue weighted by Crippen LogP contribution is -2.37. The van der Waals surface area contributed by atoms with E-state index in [0.717, 1.165) is 45.1 Å². The number of carbonyl (C=O) groups is 1. The van der Waals surface area contributed by atoms with Gasteiger partial charge in [0, 0.05) is 6.04 Å². The molecular formula is C14H24N2O2. The molecule has 0 bridgehead atoms. The quantitative estimate of drug-likeness (QED) is 0.712. The fraction of sp³-hybridized carbons (Fsp3) is 0.857. The Bertz CT molecular complexity index is 320. The zero-order chi connectivity index (χ0) is 13.6. The van der Waals surface area contributed by atoms with Gasteiger partial charge in [-0.15, -0.1) is 0 Å². The molecule has 0 aromatic heterocycles. The number of nitriles is 1. The van der Waals surface area contributed by atoms with E-state index in [0.29, 0.717) is 6.04 Å². The zero-order valence-electron chi connectivity index (χ0n) is 11.4. The molecule has 18 heavy (non-hydrogen) atoms. The van der Waals surface area contributed by atoms with E-state index in [1.807, 2.05) is 13.8 Å². The van der Waals surface area contributed by atoms with Crippen molar-refractivity contribution in [2.75, 3.05) is 6.54 Å². The highest BCUT2D eigenvalue weighted by atomic mass is 16.4. The van der Waals surface area contributed by atoms with Crippen molar-refractivity contribution in [3.8, 4) is 6.07 Å². The molecule has 4 heteroatoms. The van der Waals surface area contributed by atoms with E-state index in [-0.39, 0.29) is 11.3 Å². The predicted molar refractivity (Wildman–Crippen MR) is 70.0 cm³/mol. The minimum Gasteiger partial charge on any atom is -0.481 e. The molecule has 102 valence electrons. The number of carboxylic acid groups (broad SMARTS) is 1. The lowest BCUT2D eigenvalue weighted by Gasteiger charge is -2.27. The molecule has 0 amide bonds. The number of nitrogens with zero attached hydrogens (tertiary/aromatic N) is 1. The van der Waals surface area contributed by atoms with E-state index >= 15 is 0 Å². The summed E-state index contributed by atoms with van der Waals surface area (Å²) >= 11 is 0. The van der Waals surface area contributed by atoms with Crippen LogP contribution in [0.1, 0.15) is 52.4 Å². The number of carboxylic acids is 1. The lowest BCUT2D eigenvalue weighted by atomic mass is 9.85. The van der Waals surface area contributed by atoms with Crippen LogP contribution in [-0.4, -0.2) is 23.7 Å². The Morgan fingerprint density at radius 2 is 2.22 bits per heavy atom. The molecule has 1 saturated carbocycles. The third kappa shape index (κ3) is 5.05. The Hall–Kier alpha value is -1.08. The van der Waals surface area contributed by atoms with Crippen LogP contribution in [0.4, 0.5) is 0 Å². The van der Waals surface area contributed by atoms with Gasteiger partial charge in [-0.2, -0.15) is 5.26 Å². The number of hydrogen-bond acceptors (Lipinski definition) is 3. The molecule has 0 aromatic carbocycles. The Labute approximate surface area is 109 Å². The maximum Gasteiger partial charge on any atom is 0.306 e. The van der Waals surface area contributed by atoms with Crippen LogP contribution >= 0.6 is 0 Å². The van der Waals surface area contributed by atoms with Gasteiger partial charge in [0.05, 0.1) is 17.4 Å². The minimum absolute atomic E-state index is 0.174. The van der Waals surface area contributed by atoms with E-state index < -0.39 is 5.97 Å². The molecule has 2 atom stereocenters. The molecule has 1 aliphatic rings. The second kappa shape index (κ2) is 6.75. The molecule has 2 unspecified atom stereocenters. The second-order valence-electron chi connectivity index (χ2n) is 5.95. The van der Waals surface area contributed by atoms with Crippen molar-refractivity contribution in [2.24, 2.45) is 11.3 Å². The van der Waals surface area contributed by atoms with Gasteiger partial charge in [0.1, 0.15) is 0 Å². The largest absolute Gasteiger partial charge is 0.481 e. The third-order valence-electron chi connectivity index (χ3n) is 3.74. The topological polar surface area (TPSA) is 73.1 Å². The monoisotopic (exact) mass is 252 g/mol. The van der Waals surface area contributed by atoms with Crippen LogP contribution in [0.5, 0.6) is 0 Å². The van der Waals surface area contributed by atoms with Gasteiger partial charge < -0.3 is 10.4 Å². The molecule has 0 spiro atoms. The molecule has 0 saturated heterocycles. The summed E-state index contributed by atoms with van der Waals surface area (Å²) in [5.74, 6) is -0.834. The minimum atomic E-state index is -0.660. The summed E-state index contributed by atoms with van der Waals surface area (Å²) < 4.78 is 0. The fourth-order valence-corrected chi connectivity index (χ4v) is 2.49. The summed E-state index contributed by atoms with van der Waals surface area (Å²) in [6.07, 6.45) is 5.48. The molecule has 0 heterocycles. The van der Waals surface area contributed by atoms with E-state index in [1.54, 1.807) is 0 Å². The first-order valence-electron chi connectivity index (χ1n) is 6.82. The predicted octanol–water partition coefficient (Wildman–Crippen LogP) is 2.55. The van der Waals surface area contributed by atoms with E-state index in [1.165, 1.54) is 0 Å². The summed E-state index contributed by atoms with van der Waals surface area (Å²) in [5.41, 5.74) is -0.252. The summed E-state index contributed by atoms with van der Waals surface area (Å²) in [6, 6.07) is 2.63. The van der Waals surface area contributed by atoms with E-state index in [9.17, 15) is 4.79 Å². The summed E-state index contributed by atoms with van der Waals surface area (Å²) in [4.78, 5) is 10.9. The fourth-order valence-electron chi connectivity index (χ4n) is 2.49. The van der Waals surface area contributed by atoms with Gasteiger partial charge in [-0.25, -0.2) is 0 Å². The average Bonchev–Trinajstić information content (AvgIpc) is 2.35. The number of hydrogen-bond donors (Lipinski definition) is 2. The zero-order valence-corrected chi connectivity index (χ0v) is 11.4. The van der Waals surface area contributed by atoms with Gasteiger partial charge in [-0.3, -0.25) is 4.79 Å². The summed E-state index contributed by atoms with van der Waals surface area (Å²) in [6.45, 7) is 4.78. The van der Waals surface area contributed by atoms with Gasteiger partial charge in [0.25, 0.3) is 0 Å².